The van der Waals surface area contributed by atoms with Crippen LogP contribution in [0.4, 0.5) is 11.6 Å². The third kappa shape index (κ3) is 5.32. The van der Waals surface area contributed by atoms with E-state index in [1.807, 2.05) is 0 Å². The Labute approximate surface area is 176 Å². The van der Waals surface area contributed by atoms with Crippen LogP contribution in [0.1, 0.15) is 31.9 Å². The molecule has 0 spiro atoms. The maximum Gasteiger partial charge on any atom is 0.264 e. The van der Waals surface area contributed by atoms with Crippen molar-refractivity contribution in [2.24, 2.45) is 5.92 Å². The summed E-state index contributed by atoms with van der Waals surface area (Å²) in [4.78, 5) is 34.2. The van der Waals surface area contributed by atoms with Crippen molar-refractivity contribution in [1.29, 1.82) is 0 Å². The summed E-state index contributed by atoms with van der Waals surface area (Å²) >= 11 is 0. The number of nitrogens with zero attached hydrogens (tertiary/aromatic N) is 3. The molecular weight excluding hydrogens is 406 g/mol. The topological polar surface area (TPSA) is 121 Å². The van der Waals surface area contributed by atoms with Gasteiger partial charge in [0.15, 0.2) is 0 Å². The van der Waals surface area contributed by atoms with Crippen LogP contribution in [0.2, 0.25) is 0 Å². The highest BCUT2D eigenvalue weighted by atomic mass is 32.2. The van der Waals surface area contributed by atoms with Gasteiger partial charge in [0, 0.05) is 37.1 Å². The summed E-state index contributed by atoms with van der Waals surface area (Å²) in [6, 6.07) is 7.46. The van der Waals surface area contributed by atoms with Crippen molar-refractivity contribution >= 4 is 33.5 Å². The zero-order valence-electron chi connectivity index (χ0n) is 17.0. The minimum absolute atomic E-state index is 0.00511. The highest BCUT2D eigenvalue weighted by Crippen LogP contribution is 2.22. The number of nitrogens with one attached hydrogen (secondary N) is 2. The molecule has 2 amide bonds. The fourth-order valence-corrected chi connectivity index (χ4v) is 4.10. The number of carbonyl (C=O) groups excluding carboxylic acids is 2. The second kappa shape index (κ2) is 9.21. The molecule has 3 rings (SSSR count). The van der Waals surface area contributed by atoms with Gasteiger partial charge in [-0.05, 0) is 43.7 Å². The Morgan fingerprint density at radius 1 is 1.23 bits per heavy atom. The monoisotopic (exact) mass is 431 g/mol. The van der Waals surface area contributed by atoms with Gasteiger partial charge >= 0.3 is 0 Å². The number of unbranched alkanes of at least 4 members (excludes halogenated alkanes) is 1. The minimum Gasteiger partial charge on any atom is -0.342 e. The Hall–Kier alpha value is -3.01. The van der Waals surface area contributed by atoms with Gasteiger partial charge in [-0.3, -0.25) is 9.59 Å². The number of sulfonamides is 1. The van der Waals surface area contributed by atoms with Crippen LogP contribution in [0.15, 0.2) is 41.4 Å². The third-order valence-electron chi connectivity index (χ3n) is 4.82. The van der Waals surface area contributed by atoms with Crippen LogP contribution in [0.3, 0.4) is 0 Å². The van der Waals surface area contributed by atoms with Crippen LogP contribution < -0.4 is 10.0 Å². The Morgan fingerprint density at radius 3 is 2.63 bits per heavy atom. The second-order valence-electron chi connectivity index (χ2n) is 7.24. The molecule has 2 aromatic rings. The van der Waals surface area contributed by atoms with Gasteiger partial charge in [0.25, 0.3) is 10.0 Å². The summed E-state index contributed by atoms with van der Waals surface area (Å²) in [6.45, 7) is 4.87. The molecule has 0 radical (unpaired) electrons. The fourth-order valence-electron chi connectivity index (χ4n) is 3.15. The average Bonchev–Trinajstić information content (AvgIpc) is 3.07. The first-order valence-electron chi connectivity index (χ1n) is 9.79. The van der Waals surface area contributed by atoms with Gasteiger partial charge in [0.1, 0.15) is 0 Å². The molecule has 2 heterocycles. The van der Waals surface area contributed by atoms with Gasteiger partial charge in [-0.25, -0.2) is 23.1 Å². The second-order valence-corrected chi connectivity index (χ2v) is 8.92. The Kier molecular flexibility index (Phi) is 6.66. The first-order chi connectivity index (χ1) is 14.3. The number of aryl methyl sites for hydroxylation is 1. The van der Waals surface area contributed by atoms with E-state index in [-0.39, 0.29) is 29.1 Å². The molecule has 0 bridgehead atoms. The van der Waals surface area contributed by atoms with E-state index in [1.54, 1.807) is 17.9 Å². The summed E-state index contributed by atoms with van der Waals surface area (Å²) < 4.78 is 27.3. The Morgan fingerprint density at radius 2 is 1.97 bits per heavy atom. The molecule has 1 aromatic heterocycles. The van der Waals surface area contributed by atoms with Crippen molar-refractivity contribution in [1.82, 2.24) is 14.9 Å². The molecule has 0 aliphatic carbocycles. The predicted octanol–water partition coefficient (Wildman–Crippen LogP) is 2.17. The van der Waals surface area contributed by atoms with Crippen molar-refractivity contribution in [3.05, 3.63) is 42.2 Å². The van der Waals surface area contributed by atoms with Crippen molar-refractivity contribution in [2.45, 2.75) is 38.0 Å². The van der Waals surface area contributed by atoms with E-state index in [1.165, 1.54) is 30.5 Å². The maximum atomic E-state index is 12.5. The Bertz CT molecular complexity index is 1020. The molecule has 1 aliphatic rings. The summed E-state index contributed by atoms with van der Waals surface area (Å²) in [6.07, 6.45) is 3.57. The molecule has 1 fully saturated rings. The number of benzene rings is 1. The first-order valence-corrected chi connectivity index (χ1v) is 11.3. The smallest absolute Gasteiger partial charge is 0.264 e. The lowest BCUT2D eigenvalue weighted by molar-refractivity contribution is -0.128. The van der Waals surface area contributed by atoms with Crippen LogP contribution >= 0.6 is 0 Å². The lowest BCUT2D eigenvalue weighted by Crippen LogP contribution is -2.29. The molecule has 9 nitrogen and oxygen atoms in total. The minimum atomic E-state index is -3.85. The maximum absolute atomic E-state index is 12.5. The average molecular weight is 432 g/mol. The summed E-state index contributed by atoms with van der Waals surface area (Å²) in [5.41, 5.74) is 1.10. The SMILES string of the molecule is CCCCN1C[C@@H](C(=O)Nc2ccc(S(=O)(=O)Nc3nccc(C)n3)cc2)CC1=O. The van der Waals surface area contributed by atoms with Crippen LogP contribution in [-0.2, 0) is 19.6 Å². The Balaban J connectivity index is 1.61. The molecule has 0 saturated carbocycles. The van der Waals surface area contributed by atoms with E-state index in [4.69, 9.17) is 0 Å². The van der Waals surface area contributed by atoms with Crippen LogP contribution in [0.5, 0.6) is 0 Å². The predicted molar refractivity (Wildman–Crippen MR) is 112 cm³/mol. The summed E-state index contributed by atoms with van der Waals surface area (Å²) in [5.74, 6) is -0.664. The lowest BCUT2D eigenvalue weighted by atomic mass is 10.1. The number of aromatic nitrogens is 2. The molecule has 10 heteroatoms. The zero-order chi connectivity index (χ0) is 21.7. The standard InChI is InChI=1S/C20H25N5O4S/c1-3-4-11-25-13-15(12-18(25)26)19(27)23-16-5-7-17(8-6-16)30(28,29)24-20-21-10-9-14(2)22-20/h5-10,15H,3-4,11-13H2,1-2H3,(H,23,27)(H,21,22,24)/t15-/m0/s1. The molecule has 1 aliphatic heterocycles. The highest BCUT2D eigenvalue weighted by molar-refractivity contribution is 7.92. The first kappa shape index (κ1) is 21.7. The molecule has 1 atom stereocenters. The van der Waals surface area contributed by atoms with E-state index < -0.39 is 15.9 Å². The summed E-state index contributed by atoms with van der Waals surface area (Å²) in [5, 5.41) is 2.76. The van der Waals surface area contributed by atoms with Crippen molar-refractivity contribution in [3.8, 4) is 0 Å². The highest BCUT2D eigenvalue weighted by Gasteiger charge is 2.33. The van der Waals surface area contributed by atoms with E-state index in [0.717, 1.165) is 12.8 Å². The fraction of sp³-hybridized carbons (Fsp3) is 0.400. The van der Waals surface area contributed by atoms with Crippen molar-refractivity contribution in [2.75, 3.05) is 23.1 Å². The molecule has 160 valence electrons. The van der Waals surface area contributed by atoms with E-state index in [2.05, 4.69) is 26.9 Å². The number of anilines is 2. The van der Waals surface area contributed by atoms with Crippen molar-refractivity contribution < 1.29 is 18.0 Å². The molecule has 30 heavy (non-hydrogen) atoms. The van der Waals surface area contributed by atoms with Crippen LogP contribution in [-0.4, -0.2) is 48.2 Å². The summed E-state index contributed by atoms with van der Waals surface area (Å²) in [7, 11) is -3.85. The number of hydrogen-bond acceptors (Lipinski definition) is 6. The van der Waals surface area contributed by atoms with Gasteiger partial charge in [-0.1, -0.05) is 13.3 Å². The quantitative estimate of drug-likeness (QED) is 0.661. The van der Waals surface area contributed by atoms with Gasteiger partial charge in [-0.15, -0.1) is 0 Å². The third-order valence-corrected chi connectivity index (χ3v) is 6.16. The van der Waals surface area contributed by atoms with E-state index in [9.17, 15) is 18.0 Å². The van der Waals surface area contributed by atoms with Gasteiger partial charge < -0.3 is 10.2 Å². The molecule has 1 saturated heterocycles. The number of carbonyl (C=O) groups is 2. The molecule has 2 N–H and O–H groups in total. The lowest BCUT2D eigenvalue weighted by Gasteiger charge is -2.16. The molecule has 0 unspecified atom stereocenters. The largest absolute Gasteiger partial charge is 0.342 e. The number of rotatable bonds is 8. The normalized spacial score (nSPS) is 16.5. The van der Waals surface area contributed by atoms with E-state index >= 15 is 0 Å². The molecular formula is C20H25N5O4S. The number of hydrogen-bond donors (Lipinski definition) is 2. The molecule has 1 aromatic carbocycles. The van der Waals surface area contributed by atoms with Gasteiger partial charge in [0.05, 0.1) is 10.8 Å². The van der Waals surface area contributed by atoms with Gasteiger partial charge in [-0.2, -0.15) is 0 Å². The number of likely N-dealkylation sites (tertiary alicyclic amines) is 1. The number of amides is 2. The van der Waals surface area contributed by atoms with Crippen LogP contribution in [0, 0.1) is 12.8 Å². The van der Waals surface area contributed by atoms with E-state index in [0.29, 0.717) is 24.5 Å². The zero-order valence-corrected chi connectivity index (χ0v) is 17.8. The van der Waals surface area contributed by atoms with Crippen molar-refractivity contribution in [3.63, 3.8) is 0 Å². The van der Waals surface area contributed by atoms with Gasteiger partial charge in [0.2, 0.25) is 17.8 Å². The van der Waals surface area contributed by atoms with Crippen LogP contribution in [0.25, 0.3) is 0 Å².